The molecule has 0 aromatic heterocycles. The minimum Gasteiger partial charge on any atom is -0.507 e. The first kappa shape index (κ1) is 34.0. The van der Waals surface area contributed by atoms with E-state index in [1.807, 2.05) is 6.07 Å². The molecule has 6 N–H and O–H groups in total. The molecule has 0 aliphatic carbocycles. The molecule has 0 aliphatic rings. The van der Waals surface area contributed by atoms with Crippen LogP contribution in [0.4, 0.5) is 22.7 Å². The number of carboxylic acids is 3. The van der Waals surface area contributed by atoms with Crippen molar-refractivity contribution in [3.05, 3.63) is 112 Å². The summed E-state index contributed by atoms with van der Waals surface area (Å²) < 4.78 is 0. The normalized spacial score (nSPS) is 10.4. The fourth-order valence-corrected chi connectivity index (χ4v) is 4.14. The van der Waals surface area contributed by atoms with Crippen LogP contribution in [0.5, 0.6) is 5.75 Å². The van der Waals surface area contributed by atoms with Crippen molar-refractivity contribution in [3.63, 3.8) is 0 Å². The zero-order valence-corrected chi connectivity index (χ0v) is 24.8. The summed E-state index contributed by atoms with van der Waals surface area (Å²) in [4.78, 5) is 44.0. The molecule has 0 heterocycles. The van der Waals surface area contributed by atoms with Crippen molar-refractivity contribution < 1.29 is 39.6 Å². The number of carboxylic acid groups (broad SMARTS) is 3. The van der Waals surface area contributed by atoms with Gasteiger partial charge in [-0.1, -0.05) is 47.5 Å². The van der Waals surface area contributed by atoms with E-state index in [2.05, 4.69) is 20.9 Å². The molecule has 0 saturated carbocycles. The standard InChI is InChI=1S/C17H15N3O6.C14H11Cl2NO2/c21-14-6-5-12(9-13(14)17(25)26)20-19-11-3-1-10(2-4-11)16(24)18-8-7-15(22)23;15-10-5-3-6-11(16)14(10)17-12-7-2-1-4-9(12)8-13(18)19/h1-6,9,21H,7-8H2,(H,18,24)(H,22,23)(H,25,26);1-7,17H,8H2,(H,18,19). The van der Waals surface area contributed by atoms with Crippen LogP contribution in [0, 0.1) is 0 Å². The largest absolute Gasteiger partial charge is 0.507 e. The van der Waals surface area contributed by atoms with Gasteiger partial charge in [-0.05, 0) is 66.2 Å². The molecule has 1 amide bonds. The van der Waals surface area contributed by atoms with Crippen molar-refractivity contribution in [1.29, 1.82) is 0 Å². The summed E-state index contributed by atoms with van der Waals surface area (Å²) in [6.45, 7) is 0.0301. The molecule has 0 radical (unpaired) electrons. The Labute approximate surface area is 266 Å². The van der Waals surface area contributed by atoms with Gasteiger partial charge in [0.1, 0.15) is 11.3 Å². The van der Waals surface area contributed by atoms with Gasteiger partial charge in [0.25, 0.3) is 5.91 Å². The van der Waals surface area contributed by atoms with E-state index in [1.54, 1.807) is 36.4 Å². The van der Waals surface area contributed by atoms with E-state index < -0.39 is 23.8 Å². The Morgan fingerprint density at radius 2 is 1.36 bits per heavy atom. The van der Waals surface area contributed by atoms with Crippen LogP contribution in [0.25, 0.3) is 0 Å². The number of amides is 1. The first-order valence-electron chi connectivity index (χ1n) is 13.0. The first-order chi connectivity index (χ1) is 21.4. The van der Waals surface area contributed by atoms with E-state index in [9.17, 15) is 24.3 Å². The Bertz CT molecular complexity index is 1710. The van der Waals surface area contributed by atoms with Gasteiger partial charge in [0.05, 0.1) is 39.9 Å². The molecule has 12 nitrogen and oxygen atoms in total. The average molecular weight is 653 g/mol. The summed E-state index contributed by atoms with van der Waals surface area (Å²) in [5.74, 6) is -3.94. The van der Waals surface area contributed by atoms with Crippen LogP contribution in [0.1, 0.15) is 32.7 Å². The van der Waals surface area contributed by atoms with Gasteiger partial charge in [0.2, 0.25) is 0 Å². The van der Waals surface area contributed by atoms with Crippen molar-refractivity contribution >= 4 is 69.8 Å². The number of para-hydroxylation sites is 2. The topological polar surface area (TPSA) is 198 Å². The number of aliphatic carboxylic acids is 2. The summed E-state index contributed by atoms with van der Waals surface area (Å²) >= 11 is 12.1. The highest BCUT2D eigenvalue weighted by Crippen LogP contribution is 2.33. The van der Waals surface area contributed by atoms with Crippen LogP contribution in [0.15, 0.2) is 95.2 Å². The smallest absolute Gasteiger partial charge is 0.339 e. The number of nitrogens with zero attached hydrogens (tertiary/aromatic N) is 2. The lowest BCUT2D eigenvalue weighted by Gasteiger charge is -2.13. The number of hydrogen-bond acceptors (Lipinski definition) is 8. The Balaban J connectivity index is 0.000000257. The molecule has 0 bridgehead atoms. The number of azo groups is 1. The van der Waals surface area contributed by atoms with Gasteiger partial charge in [0.15, 0.2) is 0 Å². The van der Waals surface area contributed by atoms with E-state index in [-0.39, 0.29) is 36.4 Å². The highest BCUT2D eigenvalue weighted by atomic mass is 35.5. The Morgan fingerprint density at radius 1 is 0.733 bits per heavy atom. The number of nitrogens with one attached hydrogen (secondary N) is 2. The van der Waals surface area contributed by atoms with Crippen LogP contribution < -0.4 is 10.6 Å². The third-order valence-corrected chi connectivity index (χ3v) is 6.46. The molecule has 4 aromatic carbocycles. The van der Waals surface area contributed by atoms with Crippen molar-refractivity contribution in [2.75, 3.05) is 11.9 Å². The Kier molecular flexibility index (Phi) is 12.4. The fraction of sp³-hybridized carbons (Fsp3) is 0.0968. The molecule has 0 unspecified atom stereocenters. The van der Waals surface area contributed by atoms with Crippen molar-refractivity contribution in [2.45, 2.75) is 12.8 Å². The zero-order chi connectivity index (χ0) is 32.9. The fourth-order valence-electron chi connectivity index (χ4n) is 3.65. The molecular weight excluding hydrogens is 627 g/mol. The van der Waals surface area contributed by atoms with Crippen molar-refractivity contribution in [1.82, 2.24) is 5.32 Å². The number of rotatable bonds is 11. The summed E-state index contributed by atoms with van der Waals surface area (Å²) in [5, 5.41) is 50.2. The van der Waals surface area contributed by atoms with Crippen molar-refractivity contribution in [3.8, 4) is 5.75 Å². The van der Waals surface area contributed by atoms with Gasteiger partial charge in [-0.25, -0.2) is 4.79 Å². The second kappa shape index (κ2) is 16.4. The maximum Gasteiger partial charge on any atom is 0.339 e. The molecule has 0 fully saturated rings. The lowest BCUT2D eigenvalue weighted by Crippen LogP contribution is -2.25. The minimum atomic E-state index is -1.28. The Morgan fingerprint density at radius 3 is 1.98 bits per heavy atom. The maximum atomic E-state index is 11.8. The molecule has 0 saturated heterocycles. The Hall–Kier alpha value is -5.46. The third kappa shape index (κ3) is 10.6. The first-order valence-corrected chi connectivity index (χ1v) is 13.8. The van der Waals surface area contributed by atoms with Gasteiger partial charge < -0.3 is 31.1 Å². The minimum absolute atomic E-state index is 0.0301. The molecule has 232 valence electrons. The number of aromatic carboxylic acids is 1. The predicted octanol–water partition coefficient (Wildman–Crippen LogP) is 7.07. The number of anilines is 2. The summed E-state index contributed by atoms with van der Waals surface area (Å²) in [7, 11) is 0. The SMILES string of the molecule is O=C(O)CCNC(=O)c1ccc(N=Nc2ccc(O)c(C(=O)O)c2)cc1.O=C(O)Cc1ccccc1Nc1c(Cl)cccc1Cl. The van der Waals surface area contributed by atoms with E-state index in [1.165, 1.54) is 42.5 Å². The predicted molar refractivity (Wildman–Crippen MR) is 168 cm³/mol. The monoisotopic (exact) mass is 652 g/mol. The highest BCUT2D eigenvalue weighted by molar-refractivity contribution is 6.39. The summed E-state index contributed by atoms with van der Waals surface area (Å²) in [6, 6.07) is 22.2. The lowest BCUT2D eigenvalue weighted by atomic mass is 10.1. The average Bonchev–Trinajstić information content (AvgIpc) is 2.99. The summed E-state index contributed by atoms with van der Waals surface area (Å²) in [5.41, 5.74) is 2.66. The number of hydrogen-bond donors (Lipinski definition) is 6. The molecule has 4 rings (SSSR count). The van der Waals surface area contributed by atoms with Crippen LogP contribution in [-0.4, -0.2) is 50.8 Å². The molecule has 45 heavy (non-hydrogen) atoms. The number of phenols is 1. The van der Waals surface area contributed by atoms with E-state index in [4.69, 9.17) is 38.5 Å². The zero-order valence-electron chi connectivity index (χ0n) is 23.3. The molecule has 0 aliphatic heterocycles. The van der Waals surface area contributed by atoms with Gasteiger partial charge in [0, 0.05) is 17.8 Å². The lowest BCUT2D eigenvalue weighted by molar-refractivity contribution is -0.137. The quantitative estimate of drug-likeness (QED) is 0.0916. The van der Waals surface area contributed by atoms with Crippen molar-refractivity contribution in [2.24, 2.45) is 10.2 Å². The second-order valence-corrected chi connectivity index (χ2v) is 9.92. The maximum absolute atomic E-state index is 11.8. The molecule has 14 heteroatoms. The number of benzene rings is 4. The number of aromatic hydroxyl groups is 1. The van der Waals surface area contributed by atoms with Gasteiger partial charge >= 0.3 is 17.9 Å². The second-order valence-electron chi connectivity index (χ2n) is 9.10. The van der Waals surface area contributed by atoms with Crippen LogP contribution in [0.2, 0.25) is 10.0 Å². The highest BCUT2D eigenvalue weighted by Gasteiger charge is 2.11. The molecule has 4 aromatic rings. The van der Waals surface area contributed by atoms with Gasteiger partial charge in [-0.2, -0.15) is 10.2 Å². The third-order valence-electron chi connectivity index (χ3n) is 5.83. The van der Waals surface area contributed by atoms with Gasteiger partial charge in [-0.15, -0.1) is 0 Å². The van der Waals surface area contributed by atoms with Crippen LogP contribution in [0.3, 0.4) is 0 Å². The number of carbonyl (C=O) groups excluding carboxylic acids is 1. The van der Waals surface area contributed by atoms with Crippen LogP contribution in [-0.2, 0) is 16.0 Å². The van der Waals surface area contributed by atoms with E-state index in [0.717, 1.165) is 0 Å². The molecule has 0 spiro atoms. The van der Waals surface area contributed by atoms with Gasteiger partial charge in [-0.3, -0.25) is 14.4 Å². The van der Waals surface area contributed by atoms with Crippen LogP contribution >= 0.6 is 23.2 Å². The summed E-state index contributed by atoms with van der Waals surface area (Å²) in [6.07, 6.45) is -0.228. The van der Waals surface area contributed by atoms with E-state index >= 15 is 0 Å². The number of halogens is 2. The van der Waals surface area contributed by atoms with E-state index in [0.29, 0.717) is 38.2 Å². The molecular formula is C31H26Cl2N4O8. The number of carbonyl (C=O) groups is 4. The molecule has 0 atom stereocenters.